The van der Waals surface area contributed by atoms with E-state index in [-0.39, 0.29) is 24.0 Å². The molecule has 2 fully saturated rings. The minimum Gasteiger partial charge on any atom is -0.394 e. The fourth-order valence-corrected chi connectivity index (χ4v) is 3.68. The topological polar surface area (TPSA) is 186 Å². The smallest absolute Gasteiger partial charge is 0.187 e. The third-order valence-corrected chi connectivity index (χ3v) is 5.69. The van der Waals surface area contributed by atoms with Crippen LogP contribution >= 0.6 is 0 Å². The summed E-state index contributed by atoms with van der Waals surface area (Å²) in [5.41, 5.74) is -0.0425. The van der Waals surface area contributed by atoms with Crippen molar-refractivity contribution in [2.24, 2.45) is 5.41 Å². The van der Waals surface area contributed by atoms with E-state index < -0.39 is 74.4 Å². The second kappa shape index (κ2) is 10.9. The van der Waals surface area contributed by atoms with Crippen molar-refractivity contribution in [3.63, 3.8) is 0 Å². The zero-order valence-corrected chi connectivity index (χ0v) is 18.1. The van der Waals surface area contributed by atoms with E-state index in [1.165, 1.54) is 0 Å². The molecule has 31 heavy (non-hydrogen) atoms. The van der Waals surface area contributed by atoms with Crippen LogP contribution in [0, 0.1) is 5.41 Å². The van der Waals surface area contributed by atoms with Gasteiger partial charge in [-0.25, -0.2) is 0 Å². The molecule has 0 amide bonds. The molecule has 2 rings (SSSR count). The SMILES string of the molecule is CC(C)(C)CCC(=O)CC1OC(CO)C(OC2OC(CO)C(O)C(O)C2O)C(O)C1O. The minimum absolute atomic E-state index is 0.0425. The van der Waals surface area contributed by atoms with E-state index in [4.69, 9.17) is 14.2 Å². The van der Waals surface area contributed by atoms with Crippen molar-refractivity contribution in [2.75, 3.05) is 13.2 Å². The van der Waals surface area contributed by atoms with Crippen LogP contribution in [0.25, 0.3) is 0 Å². The van der Waals surface area contributed by atoms with E-state index in [1.807, 2.05) is 20.8 Å². The maximum absolute atomic E-state index is 12.3. The lowest BCUT2D eigenvalue weighted by Gasteiger charge is -2.46. The fraction of sp³-hybridized carbons (Fsp3) is 0.950. The van der Waals surface area contributed by atoms with E-state index in [0.717, 1.165) is 0 Å². The van der Waals surface area contributed by atoms with Gasteiger partial charge in [0.05, 0.1) is 19.3 Å². The third kappa shape index (κ3) is 6.64. The molecule has 0 saturated carbocycles. The molecule has 0 aliphatic carbocycles. The quantitative estimate of drug-likeness (QED) is 0.205. The van der Waals surface area contributed by atoms with Crippen LogP contribution in [0.5, 0.6) is 0 Å². The number of hydrogen-bond donors (Lipinski definition) is 7. The van der Waals surface area contributed by atoms with Crippen LogP contribution in [0.4, 0.5) is 0 Å². The Kier molecular flexibility index (Phi) is 9.35. The highest BCUT2D eigenvalue weighted by molar-refractivity contribution is 5.79. The molecule has 7 N–H and O–H groups in total. The van der Waals surface area contributed by atoms with Crippen molar-refractivity contribution >= 4 is 5.78 Å². The number of ether oxygens (including phenoxy) is 3. The molecule has 11 nitrogen and oxygen atoms in total. The molecular weight excluding hydrogens is 416 g/mol. The predicted octanol–water partition coefficient (Wildman–Crippen LogP) is -2.56. The Hall–Kier alpha value is -0.730. The minimum atomic E-state index is -1.72. The highest BCUT2D eigenvalue weighted by Gasteiger charge is 2.50. The van der Waals surface area contributed by atoms with Crippen LogP contribution < -0.4 is 0 Å². The summed E-state index contributed by atoms with van der Waals surface area (Å²) in [6, 6.07) is 0. The first-order valence-corrected chi connectivity index (χ1v) is 10.5. The highest BCUT2D eigenvalue weighted by Crippen LogP contribution is 2.30. The molecule has 0 aromatic carbocycles. The van der Waals surface area contributed by atoms with Gasteiger partial charge in [0.2, 0.25) is 0 Å². The van der Waals surface area contributed by atoms with Crippen molar-refractivity contribution < 1.29 is 54.8 Å². The first kappa shape index (κ1) is 26.5. The Bertz CT molecular complexity index is 576. The molecule has 2 saturated heterocycles. The molecule has 182 valence electrons. The van der Waals surface area contributed by atoms with Gasteiger partial charge in [-0.3, -0.25) is 4.79 Å². The lowest BCUT2D eigenvalue weighted by atomic mass is 9.87. The second-order valence-electron chi connectivity index (χ2n) is 9.48. The fourth-order valence-electron chi connectivity index (χ4n) is 3.68. The molecule has 0 spiro atoms. The van der Waals surface area contributed by atoms with Crippen LogP contribution in [0.1, 0.15) is 40.0 Å². The molecule has 2 aliphatic rings. The molecule has 0 aromatic rings. The Balaban J connectivity index is 2.04. The van der Waals surface area contributed by atoms with Crippen LogP contribution in [0.15, 0.2) is 0 Å². The monoisotopic (exact) mass is 452 g/mol. The van der Waals surface area contributed by atoms with Gasteiger partial charge in [0, 0.05) is 12.8 Å². The van der Waals surface area contributed by atoms with Gasteiger partial charge in [0.1, 0.15) is 54.6 Å². The summed E-state index contributed by atoms with van der Waals surface area (Å²) in [6.45, 7) is 4.70. The molecule has 0 radical (unpaired) electrons. The molecule has 0 bridgehead atoms. The van der Waals surface area contributed by atoms with Crippen LogP contribution in [-0.2, 0) is 19.0 Å². The van der Waals surface area contributed by atoms with Crippen molar-refractivity contribution in [3.8, 4) is 0 Å². The summed E-state index contributed by atoms with van der Waals surface area (Å²) in [5.74, 6) is -0.156. The number of carbonyl (C=O) groups excluding carboxylic acids is 1. The molecule has 10 unspecified atom stereocenters. The van der Waals surface area contributed by atoms with Crippen molar-refractivity contribution in [1.82, 2.24) is 0 Å². The standard InChI is InChI=1S/C20H36O11/c1-20(2,3)5-4-9(23)6-10-13(24)16(27)18(12(8-22)29-10)31-19-17(28)15(26)14(25)11(7-21)30-19/h10-19,21-22,24-28H,4-8H2,1-3H3. The van der Waals surface area contributed by atoms with E-state index >= 15 is 0 Å². The number of aliphatic hydroxyl groups is 7. The van der Waals surface area contributed by atoms with Gasteiger partial charge in [-0.1, -0.05) is 20.8 Å². The summed E-state index contributed by atoms with van der Waals surface area (Å²) in [4.78, 5) is 12.3. The van der Waals surface area contributed by atoms with E-state index in [2.05, 4.69) is 0 Å². The number of rotatable bonds is 8. The zero-order valence-electron chi connectivity index (χ0n) is 18.1. The Labute approximate surface area is 181 Å². The zero-order chi connectivity index (χ0) is 23.5. The van der Waals surface area contributed by atoms with Gasteiger partial charge in [0.25, 0.3) is 0 Å². The number of hydrogen-bond acceptors (Lipinski definition) is 11. The molecule has 2 heterocycles. The summed E-state index contributed by atoms with van der Waals surface area (Å²) >= 11 is 0. The molecule has 2 aliphatic heterocycles. The van der Waals surface area contributed by atoms with E-state index in [0.29, 0.717) is 6.42 Å². The number of aliphatic hydroxyl groups excluding tert-OH is 7. The summed E-state index contributed by atoms with van der Waals surface area (Å²) in [7, 11) is 0. The van der Waals surface area contributed by atoms with Crippen LogP contribution in [0.3, 0.4) is 0 Å². The summed E-state index contributed by atoms with van der Waals surface area (Å²) < 4.78 is 16.3. The average Bonchev–Trinajstić information content (AvgIpc) is 2.71. The largest absolute Gasteiger partial charge is 0.394 e. The van der Waals surface area contributed by atoms with Crippen molar-refractivity contribution in [3.05, 3.63) is 0 Å². The van der Waals surface area contributed by atoms with E-state index in [1.54, 1.807) is 0 Å². The molecule has 0 aromatic heterocycles. The number of ketones is 1. The van der Waals surface area contributed by atoms with Crippen LogP contribution in [-0.4, -0.2) is 116 Å². The Morgan fingerprint density at radius 2 is 1.39 bits per heavy atom. The van der Waals surface area contributed by atoms with Crippen LogP contribution in [0.2, 0.25) is 0 Å². The van der Waals surface area contributed by atoms with Gasteiger partial charge in [-0.05, 0) is 11.8 Å². The first-order valence-electron chi connectivity index (χ1n) is 10.5. The maximum Gasteiger partial charge on any atom is 0.187 e. The van der Waals surface area contributed by atoms with Gasteiger partial charge in [-0.15, -0.1) is 0 Å². The van der Waals surface area contributed by atoms with Gasteiger partial charge >= 0.3 is 0 Å². The normalized spacial score (nSPS) is 41.9. The molecular formula is C20H36O11. The Morgan fingerprint density at radius 1 is 0.806 bits per heavy atom. The van der Waals surface area contributed by atoms with Crippen molar-refractivity contribution in [2.45, 2.75) is 101 Å². The molecule has 11 heteroatoms. The van der Waals surface area contributed by atoms with Gasteiger partial charge < -0.3 is 50.0 Å². The van der Waals surface area contributed by atoms with Crippen molar-refractivity contribution in [1.29, 1.82) is 0 Å². The number of carbonyl (C=O) groups is 1. The summed E-state index contributed by atoms with van der Waals surface area (Å²) in [6.07, 6.45) is -13.8. The highest BCUT2D eigenvalue weighted by atomic mass is 16.7. The van der Waals surface area contributed by atoms with E-state index in [9.17, 15) is 40.5 Å². The third-order valence-electron chi connectivity index (χ3n) is 5.69. The Morgan fingerprint density at radius 3 is 1.94 bits per heavy atom. The second-order valence-corrected chi connectivity index (χ2v) is 9.48. The summed E-state index contributed by atoms with van der Waals surface area (Å²) in [5, 5.41) is 69.9. The lowest BCUT2D eigenvalue weighted by molar-refractivity contribution is -0.341. The first-order chi connectivity index (χ1) is 14.4. The number of Topliss-reactive ketones (excluding diaryl/α,β-unsaturated/α-hetero) is 1. The van der Waals surface area contributed by atoms with Gasteiger partial charge in [0.15, 0.2) is 6.29 Å². The predicted molar refractivity (Wildman–Crippen MR) is 105 cm³/mol. The van der Waals surface area contributed by atoms with Gasteiger partial charge in [-0.2, -0.15) is 0 Å². The maximum atomic E-state index is 12.3. The lowest BCUT2D eigenvalue weighted by Crippen LogP contribution is -2.64. The molecule has 10 atom stereocenters. The average molecular weight is 452 g/mol.